The van der Waals surface area contributed by atoms with Gasteiger partial charge in [-0.3, -0.25) is 0 Å². The summed E-state index contributed by atoms with van der Waals surface area (Å²) in [4.78, 5) is 8.42. The van der Waals surface area contributed by atoms with E-state index in [1.807, 2.05) is 24.3 Å². The molecule has 3 N–H and O–H groups in total. The van der Waals surface area contributed by atoms with Crippen LogP contribution in [0.1, 0.15) is 0 Å². The number of phenols is 2. The van der Waals surface area contributed by atoms with Crippen molar-refractivity contribution in [3.05, 3.63) is 42.5 Å². The predicted molar refractivity (Wildman–Crippen MR) is 70.0 cm³/mol. The quantitative estimate of drug-likeness (QED) is 0.618. The number of benzene rings is 2. The Bertz CT molecular complexity index is 676. The minimum Gasteiger partial charge on any atom is -0.504 e. The summed E-state index contributed by atoms with van der Waals surface area (Å²) in [6.45, 7) is 0. The van der Waals surface area contributed by atoms with Gasteiger partial charge in [-0.25, -0.2) is 4.98 Å². The number of hydrogen-bond acceptors (Lipinski definition) is 4. The molecule has 0 unspecified atom stereocenters. The van der Waals surface area contributed by atoms with Crippen molar-refractivity contribution in [2.24, 2.45) is 0 Å². The zero-order chi connectivity index (χ0) is 12.5. The lowest BCUT2D eigenvalue weighted by Gasteiger charge is -2.00. The van der Waals surface area contributed by atoms with E-state index in [2.05, 4.69) is 9.97 Å². The third-order valence-electron chi connectivity index (χ3n) is 2.53. The van der Waals surface area contributed by atoms with Gasteiger partial charge >= 0.3 is 0 Å². The summed E-state index contributed by atoms with van der Waals surface area (Å²) in [5, 5.41) is 19.4. The third-order valence-corrected chi connectivity index (χ3v) is 3.41. The molecule has 5 heteroatoms. The van der Waals surface area contributed by atoms with E-state index in [0.717, 1.165) is 21.1 Å². The molecule has 3 aromatic rings. The molecule has 0 aliphatic rings. The van der Waals surface area contributed by atoms with Crippen LogP contribution < -0.4 is 0 Å². The van der Waals surface area contributed by atoms with E-state index in [1.165, 1.54) is 23.9 Å². The number of nitrogens with zero attached hydrogens (tertiary/aromatic N) is 1. The number of aromatic nitrogens is 2. The highest BCUT2D eigenvalue weighted by Crippen LogP contribution is 2.33. The van der Waals surface area contributed by atoms with Gasteiger partial charge in [-0.2, -0.15) is 0 Å². The summed E-state index contributed by atoms with van der Waals surface area (Å²) in [5.41, 5.74) is 1.88. The molecule has 0 aliphatic heterocycles. The van der Waals surface area contributed by atoms with E-state index in [-0.39, 0.29) is 11.5 Å². The number of para-hydroxylation sites is 2. The summed E-state index contributed by atoms with van der Waals surface area (Å²) >= 11 is 1.40. The number of phenolic OH excluding ortho intramolecular Hbond substituents is 2. The molecule has 0 fully saturated rings. The Labute approximate surface area is 107 Å². The van der Waals surface area contributed by atoms with Gasteiger partial charge in [0, 0.05) is 4.90 Å². The second-order valence-electron chi connectivity index (χ2n) is 3.81. The average molecular weight is 258 g/mol. The van der Waals surface area contributed by atoms with Crippen LogP contribution >= 0.6 is 11.8 Å². The highest BCUT2D eigenvalue weighted by molar-refractivity contribution is 7.99. The minimum absolute atomic E-state index is 0.121. The Morgan fingerprint density at radius 1 is 1.00 bits per heavy atom. The monoisotopic (exact) mass is 258 g/mol. The van der Waals surface area contributed by atoms with E-state index in [1.54, 1.807) is 6.07 Å². The number of rotatable bonds is 2. The Morgan fingerprint density at radius 2 is 1.83 bits per heavy atom. The SMILES string of the molecule is Oc1ccc(Sc2nc3ccccc3[nH]2)cc1O. The number of fused-ring (bicyclic) bond motifs is 1. The predicted octanol–water partition coefficient (Wildman–Crippen LogP) is 3.13. The molecule has 0 bridgehead atoms. The molecule has 90 valence electrons. The van der Waals surface area contributed by atoms with Gasteiger partial charge in [0.25, 0.3) is 0 Å². The highest BCUT2D eigenvalue weighted by Gasteiger charge is 2.06. The number of aromatic amines is 1. The normalized spacial score (nSPS) is 10.9. The zero-order valence-electron chi connectivity index (χ0n) is 9.29. The molecule has 18 heavy (non-hydrogen) atoms. The van der Waals surface area contributed by atoms with Crippen molar-refractivity contribution in [1.29, 1.82) is 0 Å². The molecule has 2 aromatic carbocycles. The van der Waals surface area contributed by atoms with Crippen LogP contribution in [0.25, 0.3) is 11.0 Å². The third kappa shape index (κ3) is 2.00. The van der Waals surface area contributed by atoms with E-state index in [9.17, 15) is 10.2 Å². The van der Waals surface area contributed by atoms with Gasteiger partial charge < -0.3 is 15.2 Å². The lowest BCUT2D eigenvalue weighted by Crippen LogP contribution is -1.76. The molecular weight excluding hydrogens is 248 g/mol. The van der Waals surface area contributed by atoms with Gasteiger partial charge in [0.15, 0.2) is 16.7 Å². The Hall–Kier alpha value is -2.14. The van der Waals surface area contributed by atoms with Crippen LogP contribution in [-0.2, 0) is 0 Å². The first-order valence-corrected chi connectivity index (χ1v) is 6.18. The maximum absolute atomic E-state index is 9.42. The van der Waals surface area contributed by atoms with Crippen molar-refractivity contribution in [3.8, 4) is 11.5 Å². The highest BCUT2D eigenvalue weighted by atomic mass is 32.2. The first-order chi connectivity index (χ1) is 8.72. The summed E-state index contributed by atoms with van der Waals surface area (Å²) in [6, 6.07) is 12.5. The Kier molecular flexibility index (Phi) is 2.60. The van der Waals surface area contributed by atoms with Gasteiger partial charge in [0.05, 0.1) is 11.0 Å². The van der Waals surface area contributed by atoms with Gasteiger partial charge in [0.2, 0.25) is 0 Å². The van der Waals surface area contributed by atoms with Gasteiger partial charge in [-0.1, -0.05) is 23.9 Å². The first-order valence-electron chi connectivity index (χ1n) is 5.37. The fourth-order valence-corrected chi connectivity index (χ4v) is 2.49. The van der Waals surface area contributed by atoms with Crippen LogP contribution in [0.15, 0.2) is 52.5 Å². The molecule has 0 aliphatic carbocycles. The van der Waals surface area contributed by atoms with Crippen LogP contribution in [0, 0.1) is 0 Å². The molecule has 0 radical (unpaired) electrons. The minimum atomic E-state index is -0.129. The number of hydrogen-bond donors (Lipinski definition) is 3. The number of nitrogens with one attached hydrogen (secondary N) is 1. The summed E-state index contributed by atoms with van der Waals surface area (Å²) in [5.74, 6) is -0.250. The molecule has 0 amide bonds. The Balaban J connectivity index is 1.93. The molecule has 1 heterocycles. The van der Waals surface area contributed by atoms with E-state index in [4.69, 9.17) is 0 Å². The molecule has 4 nitrogen and oxygen atoms in total. The van der Waals surface area contributed by atoms with E-state index < -0.39 is 0 Å². The lowest BCUT2D eigenvalue weighted by molar-refractivity contribution is 0.402. The number of imidazole rings is 1. The Morgan fingerprint density at radius 3 is 2.61 bits per heavy atom. The molecule has 0 atom stereocenters. The number of H-pyrrole nitrogens is 1. The van der Waals surface area contributed by atoms with Crippen molar-refractivity contribution >= 4 is 22.8 Å². The summed E-state index contributed by atoms with van der Waals surface area (Å²) < 4.78 is 0. The maximum atomic E-state index is 9.42. The zero-order valence-corrected chi connectivity index (χ0v) is 10.1. The summed E-state index contributed by atoms with van der Waals surface area (Å²) in [6.07, 6.45) is 0. The van der Waals surface area contributed by atoms with Crippen LogP contribution in [0.3, 0.4) is 0 Å². The lowest BCUT2D eigenvalue weighted by atomic mass is 10.3. The number of aromatic hydroxyl groups is 2. The topological polar surface area (TPSA) is 69.1 Å². The van der Waals surface area contributed by atoms with Crippen molar-refractivity contribution < 1.29 is 10.2 Å². The van der Waals surface area contributed by atoms with Crippen molar-refractivity contribution in [1.82, 2.24) is 9.97 Å². The molecule has 1 aromatic heterocycles. The largest absolute Gasteiger partial charge is 0.504 e. The van der Waals surface area contributed by atoms with Gasteiger partial charge in [0.1, 0.15) is 0 Å². The van der Waals surface area contributed by atoms with Crippen LogP contribution in [0.2, 0.25) is 0 Å². The molecule has 0 saturated carbocycles. The smallest absolute Gasteiger partial charge is 0.171 e. The second-order valence-corrected chi connectivity index (χ2v) is 4.87. The standard InChI is InChI=1S/C13H10N2O2S/c16-11-6-5-8(7-12(11)17)18-13-14-9-3-1-2-4-10(9)15-13/h1-7,16-17H,(H,14,15). The van der Waals surface area contributed by atoms with E-state index >= 15 is 0 Å². The van der Waals surface area contributed by atoms with Crippen LogP contribution in [0.5, 0.6) is 11.5 Å². The van der Waals surface area contributed by atoms with Crippen LogP contribution in [-0.4, -0.2) is 20.2 Å². The fourth-order valence-electron chi connectivity index (χ4n) is 1.66. The maximum Gasteiger partial charge on any atom is 0.171 e. The van der Waals surface area contributed by atoms with Crippen LogP contribution in [0.4, 0.5) is 0 Å². The fraction of sp³-hybridized carbons (Fsp3) is 0. The second kappa shape index (κ2) is 4.27. The van der Waals surface area contributed by atoms with Crippen molar-refractivity contribution in [3.63, 3.8) is 0 Å². The van der Waals surface area contributed by atoms with Gasteiger partial charge in [-0.05, 0) is 30.3 Å². The summed E-state index contributed by atoms with van der Waals surface area (Å²) in [7, 11) is 0. The van der Waals surface area contributed by atoms with Crippen molar-refractivity contribution in [2.75, 3.05) is 0 Å². The average Bonchev–Trinajstić information content (AvgIpc) is 2.76. The first kappa shape index (κ1) is 11.0. The molecule has 3 rings (SSSR count). The van der Waals surface area contributed by atoms with Gasteiger partial charge in [-0.15, -0.1) is 0 Å². The van der Waals surface area contributed by atoms with Crippen molar-refractivity contribution in [2.45, 2.75) is 10.1 Å². The molecule has 0 saturated heterocycles. The molecule has 0 spiro atoms. The molecular formula is C13H10N2O2S. The van der Waals surface area contributed by atoms with E-state index in [0.29, 0.717) is 0 Å².